The fraction of sp³-hybridized carbons (Fsp3) is 0.667. The zero-order chi connectivity index (χ0) is 16.7. The van der Waals surface area contributed by atoms with Crippen LogP contribution in [0, 0.1) is 5.82 Å². The highest BCUT2D eigenvalue weighted by Gasteiger charge is 2.23. The molecular formula is C18H29FN2OS. The summed E-state index contributed by atoms with van der Waals surface area (Å²) in [6, 6.07) is 7.72. The van der Waals surface area contributed by atoms with Crippen molar-refractivity contribution < 1.29 is 9.50 Å². The maximum Gasteiger partial charge on any atom is 0.123 e. The number of hydrogen-bond acceptors (Lipinski definition) is 4. The number of thioether (sulfide) groups is 1. The summed E-state index contributed by atoms with van der Waals surface area (Å²) < 4.78 is 12.9. The SMILES string of the molecule is CSC(CO)C(C)NC1CCN(CCc2ccc(F)cc2)CC1. The Balaban J connectivity index is 1.68. The number of halogens is 1. The zero-order valence-corrected chi connectivity index (χ0v) is 15.0. The molecule has 2 unspecified atom stereocenters. The Morgan fingerprint density at radius 3 is 2.52 bits per heavy atom. The van der Waals surface area contributed by atoms with Gasteiger partial charge < -0.3 is 15.3 Å². The second kappa shape index (κ2) is 9.62. The Morgan fingerprint density at radius 2 is 1.96 bits per heavy atom. The average Bonchev–Trinajstić information content (AvgIpc) is 2.57. The lowest BCUT2D eigenvalue weighted by Crippen LogP contribution is -2.49. The number of aliphatic hydroxyl groups is 1. The van der Waals surface area contributed by atoms with Crippen molar-refractivity contribution in [1.82, 2.24) is 10.2 Å². The van der Waals surface area contributed by atoms with Crippen LogP contribution in [0.3, 0.4) is 0 Å². The molecule has 0 aliphatic carbocycles. The topological polar surface area (TPSA) is 35.5 Å². The van der Waals surface area contributed by atoms with E-state index in [0.29, 0.717) is 12.1 Å². The number of nitrogens with one attached hydrogen (secondary N) is 1. The van der Waals surface area contributed by atoms with Crippen molar-refractivity contribution in [2.24, 2.45) is 0 Å². The van der Waals surface area contributed by atoms with Crippen LogP contribution >= 0.6 is 11.8 Å². The molecule has 0 saturated carbocycles. The van der Waals surface area contributed by atoms with E-state index in [1.165, 1.54) is 17.7 Å². The molecule has 1 saturated heterocycles. The van der Waals surface area contributed by atoms with Crippen molar-refractivity contribution in [1.29, 1.82) is 0 Å². The van der Waals surface area contributed by atoms with Crippen LogP contribution in [0.5, 0.6) is 0 Å². The fourth-order valence-corrected chi connectivity index (χ4v) is 3.81. The van der Waals surface area contributed by atoms with E-state index in [9.17, 15) is 9.50 Å². The smallest absolute Gasteiger partial charge is 0.123 e. The molecule has 5 heteroatoms. The van der Waals surface area contributed by atoms with Gasteiger partial charge in [0.05, 0.1) is 6.61 Å². The third-order valence-corrected chi connectivity index (χ3v) is 5.92. The quantitative estimate of drug-likeness (QED) is 0.762. The molecule has 2 N–H and O–H groups in total. The predicted molar refractivity (Wildman–Crippen MR) is 96.6 cm³/mol. The average molecular weight is 341 g/mol. The normalized spacial score (nSPS) is 19.7. The Morgan fingerprint density at radius 1 is 1.30 bits per heavy atom. The van der Waals surface area contributed by atoms with Gasteiger partial charge in [-0.25, -0.2) is 4.39 Å². The summed E-state index contributed by atoms with van der Waals surface area (Å²) in [6.07, 6.45) is 5.34. The van der Waals surface area contributed by atoms with Crippen LogP contribution < -0.4 is 5.32 Å². The van der Waals surface area contributed by atoms with Crippen molar-refractivity contribution in [3.8, 4) is 0 Å². The number of hydrogen-bond donors (Lipinski definition) is 2. The number of benzene rings is 1. The molecule has 3 nitrogen and oxygen atoms in total. The largest absolute Gasteiger partial charge is 0.395 e. The molecule has 1 aliphatic rings. The summed E-state index contributed by atoms with van der Waals surface area (Å²) in [7, 11) is 0. The second-order valence-corrected chi connectivity index (χ2v) is 7.48. The molecule has 1 aromatic rings. The van der Waals surface area contributed by atoms with Gasteiger partial charge >= 0.3 is 0 Å². The second-order valence-electron chi connectivity index (χ2n) is 6.40. The first-order valence-corrected chi connectivity index (χ1v) is 9.77. The molecular weight excluding hydrogens is 311 g/mol. The van der Waals surface area contributed by atoms with E-state index in [2.05, 4.69) is 23.4 Å². The Hall–Kier alpha value is -0.620. The van der Waals surface area contributed by atoms with Crippen LogP contribution in [0.25, 0.3) is 0 Å². The number of likely N-dealkylation sites (tertiary alicyclic amines) is 1. The lowest BCUT2D eigenvalue weighted by atomic mass is 10.0. The van der Waals surface area contributed by atoms with Crippen LogP contribution in [-0.2, 0) is 6.42 Å². The molecule has 1 aromatic carbocycles. The summed E-state index contributed by atoms with van der Waals surface area (Å²) >= 11 is 1.72. The van der Waals surface area contributed by atoms with E-state index >= 15 is 0 Å². The minimum absolute atomic E-state index is 0.166. The summed E-state index contributed by atoms with van der Waals surface area (Å²) in [5.41, 5.74) is 1.20. The maximum atomic E-state index is 12.9. The summed E-state index contributed by atoms with van der Waals surface area (Å²) in [4.78, 5) is 2.49. The third kappa shape index (κ3) is 6.07. The first-order valence-electron chi connectivity index (χ1n) is 8.49. The monoisotopic (exact) mass is 340 g/mol. The van der Waals surface area contributed by atoms with Gasteiger partial charge in [-0.3, -0.25) is 0 Å². The van der Waals surface area contributed by atoms with Gasteiger partial charge in [0.15, 0.2) is 0 Å². The van der Waals surface area contributed by atoms with Crippen molar-refractivity contribution in [3.05, 3.63) is 35.6 Å². The molecule has 130 valence electrons. The molecule has 0 radical (unpaired) electrons. The zero-order valence-electron chi connectivity index (χ0n) is 14.2. The molecule has 1 fully saturated rings. The minimum atomic E-state index is -0.166. The molecule has 0 amide bonds. The highest BCUT2D eigenvalue weighted by Crippen LogP contribution is 2.16. The van der Waals surface area contributed by atoms with E-state index in [4.69, 9.17) is 0 Å². The molecule has 2 atom stereocenters. The molecule has 0 bridgehead atoms. The lowest BCUT2D eigenvalue weighted by molar-refractivity contribution is 0.188. The number of aliphatic hydroxyl groups excluding tert-OH is 1. The molecule has 1 heterocycles. The van der Waals surface area contributed by atoms with E-state index in [1.54, 1.807) is 11.8 Å². The van der Waals surface area contributed by atoms with Gasteiger partial charge in [0.2, 0.25) is 0 Å². The van der Waals surface area contributed by atoms with Gasteiger partial charge in [0.25, 0.3) is 0 Å². The number of nitrogens with zero attached hydrogens (tertiary/aromatic N) is 1. The molecule has 0 aromatic heterocycles. The summed E-state index contributed by atoms with van der Waals surface area (Å²) in [6.45, 7) is 5.64. The number of piperidine rings is 1. The Kier molecular flexibility index (Phi) is 7.83. The van der Waals surface area contributed by atoms with Crippen molar-refractivity contribution in [2.75, 3.05) is 32.5 Å². The van der Waals surface area contributed by atoms with Crippen LogP contribution in [0.4, 0.5) is 4.39 Å². The third-order valence-electron chi connectivity index (χ3n) is 4.76. The molecule has 2 rings (SSSR count). The number of rotatable bonds is 8. The van der Waals surface area contributed by atoms with Crippen LogP contribution in [0.15, 0.2) is 24.3 Å². The van der Waals surface area contributed by atoms with E-state index in [0.717, 1.165) is 38.9 Å². The standard InChI is InChI=1S/C18H29FN2OS/c1-14(18(13-22)23-2)20-17-8-11-21(12-9-17)10-7-15-3-5-16(19)6-4-15/h3-6,14,17-18,20,22H,7-13H2,1-2H3. The predicted octanol–water partition coefficient (Wildman–Crippen LogP) is 2.53. The van der Waals surface area contributed by atoms with Gasteiger partial charge in [-0.1, -0.05) is 12.1 Å². The fourth-order valence-electron chi connectivity index (χ4n) is 3.18. The molecule has 0 spiro atoms. The van der Waals surface area contributed by atoms with Crippen LogP contribution in [0.2, 0.25) is 0 Å². The highest BCUT2D eigenvalue weighted by molar-refractivity contribution is 7.99. The van der Waals surface area contributed by atoms with E-state index in [1.807, 2.05) is 12.1 Å². The van der Waals surface area contributed by atoms with Gasteiger partial charge in [0.1, 0.15) is 5.82 Å². The van der Waals surface area contributed by atoms with Gasteiger partial charge in [-0.2, -0.15) is 11.8 Å². The van der Waals surface area contributed by atoms with Crippen molar-refractivity contribution in [3.63, 3.8) is 0 Å². The summed E-state index contributed by atoms with van der Waals surface area (Å²) in [5, 5.41) is 13.3. The van der Waals surface area contributed by atoms with Gasteiger partial charge in [0, 0.05) is 23.9 Å². The Bertz CT molecular complexity index is 445. The lowest BCUT2D eigenvalue weighted by Gasteiger charge is -2.35. The van der Waals surface area contributed by atoms with Crippen molar-refractivity contribution in [2.45, 2.75) is 43.5 Å². The summed E-state index contributed by atoms with van der Waals surface area (Å²) in [5.74, 6) is -0.166. The first-order chi connectivity index (χ1) is 11.1. The molecule has 1 aliphatic heterocycles. The van der Waals surface area contributed by atoms with Crippen LogP contribution in [0.1, 0.15) is 25.3 Å². The van der Waals surface area contributed by atoms with Gasteiger partial charge in [-0.05, 0) is 63.2 Å². The van der Waals surface area contributed by atoms with E-state index in [-0.39, 0.29) is 17.7 Å². The van der Waals surface area contributed by atoms with E-state index < -0.39 is 0 Å². The van der Waals surface area contributed by atoms with Crippen LogP contribution in [-0.4, -0.2) is 59.8 Å². The minimum Gasteiger partial charge on any atom is -0.395 e. The van der Waals surface area contributed by atoms with Gasteiger partial charge in [-0.15, -0.1) is 0 Å². The highest BCUT2D eigenvalue weighted by atomic mass is 32.2. The maximum absolute atomic E-state index is 12.9. The van der Waals surface area contributed by atoms with Crippen molar-refractivity contribution >= 4 is 11.8 Å². The Labute approximate surface area is 143 Å². The molecule has 23 heavy (non-hydrogen) atoms. The first kappa shape index (κ1) is 18.7.